The Morgan fingerprint density at radius 1 is 0.852 bits per heavy atom. The monoisotopic (exact) mass is 383 g/mol. The first kappa shape index (κ1) is 18.3. The van der Waals surface area contributed by atoms with Gasteiger partial charge in [0.2, 0.25) is 0 Å². The third-order valence-corrected chi connectivity index (χ3v) is 6.01. The van der Waals surface area contributed by atoms with Crippen LogP contribution in [0, 0.1) is 0 Å². The van der Waals surface area contributed by atoms with Crippen LogP contribution in [0.5, 0.6) is 0 Å². The van der Waals surface area contributed by atoms with Gasteiger partial charge in [-0.1, -0.05) is 35.9 Å². The molecule has 0 N–H and O–H groups in total. The minimum Gasteiger partial charge on any atom is -0.369 e. The Morgan fingerprint density at radius 2 is 1.56 bits per heavy atom. The zero-order valence-corrected chi connectivity index (χ0v) is 16.3. The Labute approximate surface area is 166 Å². The lowest BCUT2D eigenvalue weighted by molar-refractivity contribution is 0.0611. The Morgan fingerprint density at radius 3 is 2.22 bits per heavy atom. The highest BCUT2D eigenvalue weighted by molar-refractivity contribution is 6.30. The molecule has 2 aromatic rings. The van der Waals surface area contributed by atoms with Crippen LogP contribution in [0.2, 0.25) is 5.02 Å². The van der Waals surface area contributed by atoms with Crippen molar-refractivity contribution >= 4 is 23.2 Å². The summed E-state index contributed by atoms with van der Waals surface area (Å²) in [6.07, 6.45) is 2.11. The van der Waals surface area contributed by atoms with Crippen molar-refractivity contribution in [3.05, 3.63) is 65.2 Å². The largest absolute Gasteiger partial charge is 0.369 e. The number of hydrogen-bond donors (Lipinski definition) is 0. The Hall–Kier alpha value is -2.04. The number of piperidine rings is 1. The fraction of sp³-hybridized carbons (Fsp3) is 0.409. The Bertz CT molecular complexity index is 766. The van der Waals surface area contributed by atoms with Crippen LogP contribution < -0.4 is 4.90 Å². The van der Waals surface area contributed by atoms with Crippen molar-refractivity contribution in [2.75, 3.05) is 44.2 Å². The molecule has 0 unspecified atom stereocenters. The molecule has 2 saturated heterocycles. The van der Waals surface area contributed by atoms with E-state index in [0.717, 1.165) is 52.1 Å². The van der Waals surface area contributed by atoms with E-state index in [1.165, 1.54) is 5.69 Å². The highest BCUT2D eigenvalue weighted by atomic mass is 35.5. The summed E-state index contributed by atoms with van der Waals surface area (Å²) in [4.78, 5) is 19.7. The number of hydrogen-bond acceptors (Lipinski definition) is 3. The normalized spacial score (nSPS) is 19.3. The van der Waals surface area contributed by atoms with Crippen LogP contribution in [0.4, 0.5) is 5.69 Å². The summed E-state index contributed by atoms with van der Waals surface area (Å²) in [7, 11) is 0. The molecule has 0 aromatic heterocycles. The molecule has 0 saturated carbocycles. The van der Waals surface area contributed by atoms with Crippen LogP contribution in [0.1, 0.15) is 23.2 Å². The van der Waals surface area contributed by atoms with E-state index in [1.807, 2.05) is 17.0 Å². The summed E-state index contributed by atoms with van der Waals surface area (Å²) in [5.41, 5.74) is 2.01. The molecule has 0 bridgehead atoms. The van der Waals surface area contributed by atoms with Crippen LogP contribution in [0.3, 0.4) is 0 Å². The van der Waals surface area contributed by atoms with E-state index in [0.29, 0.717) is 16.6 Å². The number of amides is 1. The van der Waals surface area contributed by atoms with Crippen molar-refractivity contribution in [1.82, 2.24) is 9.80 Å². The molecule has 0 radical (unpaired) electrons. The van der Waals surface area contributed by atoms with Gasteiger partial charge in [0.25, 0.3) is 5.91 Å². The maximum absolute atomic E-state index is 12.7. The lowest BCUT2D eigenvalue weighted by Gasteiger charge is -2.43. The molecule has 0 spiro atoms. The van der Waals surface area contributed by atoms with Gasteiger partial charge in [-0.05, 0) is 43.2 Å². The van der Waals surface area contributed by atoms with Gasteiger partial charge < -0.3 is 9.80 Å². The summed E-state index contributed by atoms with van der Waals surface area (Å²) in [6, 6.07) is 18.5. The van der Waals surface area contributed by atoms with E-state index in [2.05, 4.69) is 40.1 Å². The molecule has 1 amide bonds. The topological polar surface area (TPSA) is 26.8 Å². The third-order valence-electron chi connectivity index (χ3n) is 5.78. The lowest BCUT2D eigenvalue weighted by atomic mass is 10.0. The first-order chi connectivity index (χ1) is 13.2. The van der Waals surface area contributed by atoms with Crippen LogP contribution in [-0.4, -0.2) is 61.0 Å². The van der Waals surface area contributed by atoms with Gasteiger partial charge in [-0.2, -0.15) is 0 Å². The maximum Gasteiger partial charge on any atom is 0.253 e. The summed E-state index contributed by atoms with van der Waals surface area (Å²) in [6.45, 7) is 6.00. The highest BCUT2D eigenvalue weighted by Gasteiger charge is 2.29. The van der Waals surface area contributed by atoms with Crippen molar-refractivity contribution < 1.29 is 4.79 Å². The number of benzene rings is 2. The van der Waals surface area contributed by atoms with E-state index >= 15 is 0 Å². The Balaban J connectivity index is 1.28. The summed E-state index contributed by atoms with van der Waals surface area (Å²) < 4.78 is 0. The maximum atomic E-state index is 12.7. The van der Waals surface area contributed by atoms with E-state index < -0.39 is 0 Å². The molecular weight excluding hydrogens is 358 g/mol. The van der Waals surface area contributed by atoms with Gasteiger partial charge in [0.15, 0.2) is 0 Å². The molecule has 2 aliphatic heterocycles. The molecular formula is C22H26ClN3O. The standard InChI is InChI=1S/C22H26ClN3O/c23-19-6-4-5-18(17-19)22(27)26-11-9-21(10-12-26)25-15-13-24(14-16-25)20-7-2-1-3-8-20/h1-8,17,21H,9-16H2. The first-order valence-corrected chi connectivity index (χ1v) is 10.2. The van der Waals surface area contributed by atoms with Crippen LogP contribution in [0.25, 0.3) is 0 Å². The van der Waals surface area contributed by atoms with Crippen molar-refractivity contribution in [3.63, 3.8) is 0 Å². The number of piperazine rings is 1. The number of nitrogens with zero attached hydrogens (tertiary/aromatic N) is 3. The molecule has 5 heteroatoms. The van der Waals surface area contributed by atoms with Crippen LogP contribution in [0.15, 0.2) is 54.6 Å². The van der Waals surface area contributed by atoms with Crippen molar-refractivity contribution in [2.45, 2.75) is 18.9 Å². The van der Waals surface area contributed by atoms with Gasteiger partial charge in [-0.3, -0.25) is 9.69 Å². The molecule has 27 heavy (non-hydrogen) atoms. The zero-order valence-electron chi connectivity index (χ0n) is 15.6. The van der Waals surface area contributed by atoms with E-state index in [9.17, 15) is 4.79 Å². The third kappa shape index (κ3) is 4.28. The number of carbonyl (C=O) groups is 1. The van der Waals surface area contributed by atoms with Gasteiger partial charge in [-0.15, -0.1) is 0 Å². The highest BCUT2D eigenvalue weighted by Crippen LogP contribution is 2.22. The second kappa shape index (κ2) is 8.32. The molecule has 2 heterocycles. The van der Waals surface area contributed by atoms with Gasteiger partial charge in [-0.25, -0.2) is 0 Å². The van der Waals surface area contributed by atoms with Gasteiger partial charge in [0.1, 0.15) is 0 Å². The fourth-order valence-corrected chi connectivity index (χ4v) is 4.41. The molecule has 4 nitrogen and oxygen atoms in total. The number of likely N-dealkylation sites (tertiary alicyclic amines) is 1. The Kier molecular flexibility index (Phi) is 5.65. The predicted octanol–water partition coefficient (Wildman–Crippen LogP) is 3.77. The molecule has 0 atom stereocenters. The average Bonchev–Trinajstić information content (AvgIpc) is 2.74. The van der Waals surface area contributed by atoms with Gasteiger partial charge in [0, 0.05) is 61.6 Å². The second-order valence-corrected chi connectivity index (χ2v) is 7.83. The summed E-state index contributed by atoms with van der Waals surface area (Å²) in [5.74, 6) is 0.102. The molecule has 142 valence electrons. The van der Waals surface area contributed by atoms with Crippen LogP contribution in [-0.2, 0) is 0 Å². The minimum absolute atomic E-state index is 0.102. The van der Waals surface area contributed by atoms with Crippen molar-refractivity contribution in [2.24, 2.45) is 0 Å². The number of halogens is 1. The molecule has 4 rings (SSSR count). The smallest absolute Gasteiger partial charge is 0.253 e. The van der Waals surface area contributed by atoms with Crippen LogP contribution >= 0.6 is 11.6 Å². The lowest BCUT2D eigenvalue weighted by Crippen LogP contribution is -2.53. The SMILES string of the molecule is O=C(c1cccc(Cl)c1)N1CCC(N2CCN(c3ccccc3)CC2)CC1. The fourth-order valence-electron chi connectivity index (χ4n) is 4.22. The average molecular weight is 384 g/mol. The number of anilines is 1. The number of rotatable bonds is 3. The summed E-state index contributed by atoms with van der Waals surface area (Å²) in [5, 5.41) is 0.618. The van der Waals surface area contributed by atoms with Crippen molar-refractivity contribution in [3.8, 4) is 0 Å². The zero-order chi connectivity index (χ0) is 18.6. The van der Waals surface area contributed by atoms with E-state index in [1.54, 1.807) is 12.1 Å². The van der Waals surface area contributed by atoms with Gasteiger partial charge in [0.05, 0.1) is 0 Å². The summed E-state index contributed by atoms with van der Waals surface area (Å²) >= 11 is 6.03. The minimum atomic E-state index is 0.102. The van der Waals surface area contributed by atoms with Gasteiger partial charge >= 0.3 is 0 Å². The molecule has 2 fully saturated rings. The predicted molar refractivity (Wildman–Crippen MR) is 111 cm³/mol. The quantitative estimate of drug-likeness (QED) is 0.807. The van der Waals surface area contributed by atoms with Crippen molar-refractivity contribution in [1.29, 1.82) is 0 Å². The molecule has 2 aliphatic rings. The first-order valence-electron chi connectivity index (χ1n) is 9.79. The molecule has 2 aromatic carbocycles. The van der Waals surface area contributed by atoms with E-state index in [4.69, 9.17) is 11.6 Å². The second-order valence-electron chi connectivity index (χ2n) is 7.39. The molecule has 0 aliphatic carbocycles. The number of carbonyl (C=O) groups excluding carboxylic acids is 1. The number of para-hydroxylation sites is 1. The van der Waals surface area contributed by atoms with E-state index in [-0.39, 0.29) is 5.91 Å².